The molecule has 0 fully saturated rings. The Morgan fingerprint density at radius 2 is 2.04 bits per heavy atom. The van der Waals surface area contributed by atoms with E-state index < -0.39 is 0 Å². The molecule has 2 N–H and O–H groups in total. The lowest BCUT2D eigenvalue weighted by Crippen LogP contribution is -2.38. The maximum Gasteiger partial charge on any atom is 0.250 e. The molecule has 0 spiro atoms. The summed E-state index contributed by atoms with van der Waals surface area (Å²) in [4.78, 5) is 21.6. The zero-order chi connectivity index (χ0) is 18.1. The molecule has 2 aromatic rings. The van der Waals surface area contributed by atoms with E-state index in [0.717, 1.165) is 55.6 Å². The number of nitrogens with one attached hydrogen (secondary N) is 2. The van der Waals surface area contributed by atoms with Crippen LogP contribution < -0.4 is 16.2 Å². The van der Waals surface area contributed by atoms with Crippen LogP contribution in [0.5, 0.6) is 0 Å². The Hall–Kier alpha value is -2.15. The Kier molecular flexibility index (Phi) is 7.66. The number of pyridine rings is 1. The monoisotopic (exact) mass is 361 g/mol. The summed E-state index contributed by atoms with van der Waals surface area (Å²) >= 11 is 1.73. The first-order valence-corrected chi connectivity index (χ1v) is 9.44. The van der Waals surface area contributed by atoms with Crippen LogP contribution in [0.15, 0.2) is 34.2 Å². The molecule has 6 nitrogen and oxygen atoms in total. The minimum absolute atomic E-state index is 0.0721. The second kappa shape index (κ2) is 9.98. The summed E-state index contributed by atoms with van der Waals surface area (Å²) < 4.78 is 1.82. The van der Waals surface area contributed by atoms with E-state index in [1.807, 2.05) is 23.8 Å². The van der Waals surface area contributed by atoms with Gasteiger partial charge >= 0.3 is 0 Å². The van der Waals surface area contributed by atoms with Gasteiger partial charge in [0.05, 0.1) is 5.01 Å². The smallest absolute Gasteiger partial charge is 0.250 e. The van der Waals surface area contributed by atoms with Crippen molar-refractivity contribution in [1.82, 2.24) is 20.2 Å². The van der Waals surface area contributed by atoms with E-state index in [1.54, 1.807) is 30.5 Å². The lowest BCUT2D eigenvalue weighted by molar-refractivity contribution is 0.575. The van der Waals surface area contributed by atoms with Gasteiger partial charge in [-0.05, 0) is 32.8 Å². The molecule has 2 aromatic heterocycles. The lowest BCUT2D eigenvalue weighted by atomic mass is 10.3. The average Bonchev–Trinajstić information content (AvgIpc) is 3.00. The van der Waals surface area contributed by atoms with E-state index >= 15 is 0 Å². The number of hydrogen-bond donors (Lipinski definition) is 2. The Labute approximate surface area is 153 Å². The summed E-state index contributed by atoms with van der Waals surface area (Å²) in [5.74, 6) is 0.807. The largest absolute Gasteiger partial charge is 0.356 e. The molecule has 7 heteroatoms. The average molecular weight is 362 g/mol. The van der Waals surface area contributed by atoms with Gasteiger partial charge in [-0.2, -0.15) is 0 Å². The molecule has 0 bridgehead atoms. The highest BCUT2D eigenvalue weighted by molar-refractivity contribution is 7.11. The van der Waals surface area contributed by atoms with Crippen molar-refractivity contribution in [3.8, 4) is 0 Å². The normalized spacial score (nSPS) is 11.6. The molecule has 0 amide bonds. The van der Waals surface area contributed by atoms with E-state index in [1.165, 1.54) is 4.88 Å². The number of thiazole rings is 1. The van der Waals surface area contributed by atoms with Crippen LogP contribution in [0, 0.1) is 13.8 Å². The zero-order valence-corrected chi connectivity index (χ0v) is 16.0. The van der Waals surface area contributed by atoms with Gasteiger partial charge in [0.15, 0.2) is 5.96 Å². The van der Waals surface area contributed by atoms with E-state index in [4.69, 9.17) is 0 Å². The van der Waals surface area contributed by atoms with E-state index in [2.05, 4.69) is 27.5 Å². The van der Waals surface area contributed by atoms with Crippen LogP contribution in [0.25, 0.3) is 0 Å². The minimum Gasteiger partial charge on any atom is -0.356 e. The molecule has 0 aliphatic heterocycles. The van der Waals surface area contributed by atoms with Gasteiger partial charge in [0.2, 0.25) is 0 Å². The maximum absolute atomic E-state index is 11.8. The standard InChI is InChI=1S/C18H27N5OS/c1-14-7-6-8-17(24)23(14)12-5-4-10-20-18(19-3)21-11-9-16-22-13-15(2)25-16/h6-8,13H,4-5,9-12H2,1-3H3,(H2,19,20,21). The topological polar surface area (TPSA) is 71.3 Å². The summed E-state index contributed by atoms with van der Waals surface area (Å²) in [7, 11) is 1.77. The Balaban J connectivity index is 1.63. The number of aromatic nitrogens is 2. The minimum atomic E-state index is 0.0721. The SMILES string of the molecule is CN=C(NCCCCn1c(C)cccc1=O)NCCc1ncc(C)s1. The fourth-order valence-electron chi connectivity index (χ4n) is 2.54. The third-order valence-corrected chi connectivity index (χ3v) is 4.87. The molecule has 0 aromatic carbocycles. The van der Waals surface area contributed by atoms with Gasteiger partial charge in [-0.15, -0.1) is 11.3 Å². The summed E-state index contributed by atoms with van der Waals surface area (Å²) in [5, 5.41) is 7.76. The van der Waals surface area contributed by atoms with Crippen molar-refractivity contribution in [2.45, 2.75) is 39.7 Å². The molecule has 0 unspecified atom stereocenters. The van der Waals surface area contributed by atoms with Crippen molar-refractivity contribution in [3.63, 3.8) is 0 Å². The number of aryl methyl sites for hydroxylation is 2. The van der Waals surface area contributed by atoms with Crippen LogP contribution in [0.3, 0.4) is 0 Å². The van der Waals surface area contributed by atoms with Crippen molar-refractivity contribution in [2.24, 2.45) is 4.99 Å². The van der Waals surface area contributed by atoms with Gasteiger partial charge in [0, 0.05) is 55.9 Å². The highest BCUT2D eigenvalue weighted by atomic mass is 32.1. The molecular formula is C18H27N5OS. The van der Waals surface area contributed by atoms with Crippen LogP contribution in [0.1, 0.15) is 28.4 Å². The molecule has 0 aliphatic carbocycles. The van der Waals surface area contributed by atoms with Crippen LogP contribution in [0.4, 0.5) is 0 Å². The van der Waals surface area contributed by atoms with E-state index in [-0.39, 0.29) is 5.56 Å². The number of rotatable bonds is 8. The molecular weight excluding hydrogens is 334 g/mol. The van der Waals surface area contributed by atoms with Crippen molar-refractivity contribution in [2.75, 3.05) is 20.1 Å². The zero-order valence-electron chi connectivity index (χ0n) is 15.2. The molecule has 0 saturated heterocycles. The van der Waals surface area contributed by atoms with Crippen LogP contribution >= 0.6 is 11.3 Å². The van der Waals surface area contributed by atoms with Gasteiger partial charge < -0.3 is 15.2 Å². The number of guanidine groups is 1. The molecule has 2 rings (SSSR count). The molecule has 0 saturated carbocycles. The van der Waals surface area contributed by atoms with Gasteiger partial charge in [0.1, 0.15) is 0 Å². The van der Waals surface area contributed by atoms with Crippen LogP contribution in [-0.4, -0.2) is 35.6 Å². The van der Waals surface area contributed by atoms with Crippen molar-refractivity contribution in [3.05, 3.63) is 50.3 Å². The van der Waals surface area contributed by atoms with Crippen molar-refractivity contribution in [1.29, 1.82) is 0 Å². The molecule has 0 aliphatic rings. The number of hydrogen-bond acceptors (Lipinski definition) is 4. The molecule has 0 radical (unpaired) electrons. The first-order valence-electron chi connectivity index (χ1n) is 8.62. The summed E-state index contributed by atoms with van der Waals surface area (Å²) in [6.07, 6.45) is 4.74. The fraction of sp³-hybridized carbons (Fsp3) is 0.500. The predicted octanol–water partition coefficient (Wildman–Crippen LogP) is 2.11. The first kappa shape index (κ1) is 19.2. The second-order valence-electron chi connectivity index (χ2n) is 5.90. The second-order valence-corrected chi connectivity index (χ2v) is 7.22. The number of unbranched alkanes of at least 4 members (excludes halogenated alkanes) is 1. The van der Waals surface area contributed by atoms with E-state index in [9.17, 15) is 4.79 Å². The molecule has 0 atom stereocenters. The quantitative estimate of drug-likeness (QED) is 0.429. The van der Waals surface area contributed by atoms with Gasteiger partial charge in [0.25, 0.3) is 5.56 Å². The van der Waals surface area contributed by atoms with Crippen molar-refractivity contribution >= 4 is 17.3 Å². The molecule has 136 valence electrons. The molecule has 25 heavy (non-hydrogen) atoms. The summed E-state index contributed by atoms with van der Waals surface area (Å²) in [6, 6.07) is 5.38. The highest BCUT2D eigenvalue weighted by Gasteiger charge is 2.02. The first-order chi connectivity index (χ1) is 12.1. The Morgan fingerprint density at radius 1 is 1.24 bits per heavy atom. The predicted molar refractivity (Wildman–Crippen MR) is 105 cm³/mol. The third-order valence-electron chi connectivity index (χ3n) is 3.89. The maximum atomic E-state index is 11.8. The Bertz CT molecular complexity index is 750. The van der Waals surface area contributed by atoms with Crippen LogP contribution in [0.2, 0.25) is 0 Å². The van der Waals surface area contributed by atoms with Gasteiger partial charge in [-0.3, -0.25) is 9.79 Å². The van der Waals surface area contributed by atoms with Crippen molar-refractivity contribution < 1.29 is 0 Å². The van der Waals surface area contributed by atoms with E-state index in [0.29, 0.717) is 0 Å². The highest BCUT2D eigenvalue weighted by Crippen LogP contribution is 2.10. The number of aliphatic imine (C=N–C) groups is 1. The van der Waals surface area contributed by atoms with Crippen LogP contribution in [-0.2, 0) is 13.0 Å². The molecule has 2 heterocycles. The van der Waals surface area contributed by atoms with Gasteiger partial charge in [-0.25, -0.2) is 4.98 Å². The summed E-state index contributed by atoms with van der Waals surface area (Å²) in [5.41, 5.74) is 1.08. The third kappa shape index (κ3) is 6.34. The fourth-order valence-corrected chi connectivity index (χ4v) is 3.32. The van der Waals surface area contributed by atoms with Gasteiger partial charge in [-0.1, -0.05) is 6.07 Å². The summed E-state index contributed by atoms with van der Waals surface area (Å²) in [6.45, 7) is 6.43. The lowest BCUT2D eigenvalue weighted by Gasteiger charge is -2.12. The Morgan fingerprint density at radius 3 is 2.72 bits per heavy atom. The number of nitrogens with zero attached hydrogens (tertiary/aromatic N) is 3.